The lowest BCUT2D eigenvalue weighted by Gasteiger charge is -2.33. The molecule has 0 aliphatic carbocycles. The Kier molecular flexibility index (Phi) is 11.6. The lowest BCUT2D eigenvalue weighted by Crippen LogP contribution is -2.42. The highest BCUT2D eigenvalue weighted by Crippen LogP contribution is 2.28. The van der Waals surface area contributed by atoms with Crippen molar-refractivity contribution >= 4 is 52.6 Å². The first-order chi connectivity index (χ1) is 14.2. The molecule has 1 aliphatic rings. The highest BCUT2D eigenvalue weighted by atomic mass is 127. The minimum Gasteiger partial charge on any atom is -0.379 e. The molecule has 1 unspecified atom stereocenters. The zero-order valence-corrected chi connectivity index (χ0v) is 22.1. The third kappa shape index (κ3) is 7.74. The van der Waals surface area contributed by atoms with Crippen LogP contribution in [-0.4, -0.2) is 61.8 Å². The molecule has 168 valence electrons. The quantitative estimate of drug-likeness (QED) is 0.276. The second kappa shape index (κ2) is 13.6. The van der Waals surface area contributed by atoms with Crippen molar-refractivity contribution in [1.82, 2.24) is 20.5 Å². The van der Waals surface area contributed by atoms with Crippen molar-refractivity contribution in [2.24, 2.45) is 4.99 Å². The molecule has 2 N–H and O–H groups in total. The number of hydrogen-bond donors (Lipinski definition) is 2. The van der Waals surface area contributed by atoms with Crippen molar-refractivity contribution in [3.63, 3.8) is 0 Å². The Morgan fingerprint density at radius 1 is 1.23 bits per heavy atom. The van der Waals surface area contributed by atoms with E-state index in [0.29, 0.717) is 6.04 Å². The zero-order chi connectivity index (χ0) is 20.5. The van der Waals surface area contributed by atoms with Gasteiger partial charge >= 0.3 is 0 Å². The van der Waals surface area contributed by atoms with E-state index in [4.69, 9.17) is 9.73 Å². The third-order valence-corrected chi connectivity index (χ3v) is 7.23. The van der Waals surface area contributed by atoms with Crippen LogP contribution in [0, 0.1) is 6.92 Å². The van der Waals surface area contributed by atoms with E-state index in [9.17, 15) is 0 Å². The van der Waals surface area contributed by atoms with Crippen molar-refractivity contribution in [3.05, 3.63) is 38.0 Å². The maximum Gasteiger partial charge on any atom is 0.191 e. The number of nitrogens with zero attached hydrogens (tertiary/aromatic N) is 3. The Bertz CT molecular complexity index is 773. The number of aryl methyl sites for hydroxylation is 2. The van der Waals surface area contributed by atoms with Gasteiger partial charge in [-0.1, -0.05) is 6.92 Å². The normalized spacial score (nSPS) is 16.2. The molecule has 0 spiro atoms. The number of morpholine rings is 1. The lowest BCUT2D eigenvalue weighted by atomic mass is 10.2. The highest BCUT2D eigenvalue weighted by molar-refractivity contribution is 14.0. The van der Waals surface area contributed by atoms with Crippen LogP contribution in [-0.2, 0) is 17.6 Å². The molecule has 30 heavy (non-hydrogen) atoms. The van der Waals surface area contributed by atoms with Crippen molar-refractivity contribution in [2.75, 3.05) is 45.9 Å². The second-order valence-electron chi connectivity index (χ2n) is 7.08. The zero-order valence-electron chi connectivity index (χ0n) is 18.1. The van der Waals surface area contributed by atoms with Gasteiger partial charge in [0.05, 0.1) is 30.8 Å². The fourth-order valence-corrected chi connectivity index (χ4v) is 5.21. The van der Waals surface area contributed by atoms with Crippen LogP contribution in [0.1, 0.15) is 39.5 Å². The highest BCUT2D eigenvalue weighted by Gasteiger charge is 2.23. The van der Waals surface area contributed by atoms with Gasteiger partial charge in [-0.05, 0) is 32.4 Å². The van der Waals surface area contributed by atoms with Crippen molar-refractivity contribution in [1.29, 1.82) is 0 Å². The minimum absolute atomic E-state index is 0. The molecule has 1 saturated heterocycles. The average molecular weight is 564 g/mol. The maximum atomic E-state index is 5.56. The summed E-state index contributed by atoms with van der Waals surface area (Å²) in [4.78, 5) is 16.0. The Morgan fingerprint density at radius 2 is 2.03 bits per heavy atom. The number of halogens is 1. The SMILES string of the molecule is CCNC(=NCC(c1ccc(C)s1)N1CCOCC1)NCCc1ncc(CC)s1.I. The molecule has 0 radical (unpaired) electrons. The van der Waals surface area contributed by atoms with Crippen molar-refractivity contribution in [2.45, 2.75) is 39.7 Å². The van der Waals surface area contributed by atoms with Gasteiger partial charge in [0, 0.05) is 53.4 Å². The van der Waals surface area contributed by atoms with Crippen molar-refractivity contribution < 1.29 is 4.74 Å². The van der Waals surface area contributed by atoms with Crippen molar-refractivity contribution in [3.8, 4) is 0 Å². The summed E-state index contributed by atoms with van der Waals surface area (Å²) in [7, 11) is 0. The average Bonchev–Trinajstić information content (AvgIpc) is 3.38. The fraction of sp³-hybridized carbons (Fsp3) is 0.619. The van der Waals surface area contributed by atoms with Gasteiger partial charge in [-0.25, -0.2) is 4.98 Å². The van der Waals surface area contributed by atoms with Crippen LogP contribution >= 0.6 is 46.7 Å². The van der Waals surface area contributed by atoms with Gasteiger partial charge in [0.1, 0.15) is 0 Å². The van der Waals surface area contributed by atoms with Gasteiger partial charge in [0.25, 0.3) is 0 Å². The molecular formula is C21H34IN5OS2. The van der Waals surface area contributed by atoms with Gasteiger partial charge in [-0.3, -0.25) is 9.89 Å². The Labute approximate surface area is 205 Å². The Hall–Kier alpha value is -0.750. The first-order valence-corrected chi connectivity index (χ1v) is 12.2. The first-order valence-electron chi connectivity index (χ1n) is 10.5. The van der Waals surface area contributed by atoms with E-state index >= 15 is 0 Å². The molecule has 1 fully saturated rings. The first kappa shape index (κ1) is 25.5. The molecule has 2 aromatic heterocycles. The van der Waals surface area contributed by atoms with Crippen LogP contribution in [0.15, 0.2) is 23.3 Å². The van der Waals surface area contributed by atoms with Gasteiger partial charge in [0.15, 0.2) is 5.96 Å². The topological polar surface area (TPSA) is 61.8 Å². The summed E-state index contributed by atoms with van der Waals surface area (Å²) >= 11 is 3.68. The largest absolute Gasteiger partial charge is 0.379 e. The van der Waals surface area contributed by atoms with Crippen LogP contribution in [0.4, 0.5) is 0 Å². The minimum atomic E-state index is 0. The predicted octanol–water partition coefficient (Wildman–Crippen LogP) is 3.86. The van der Waals surface area contributed by atoms with Gasteiger partial charge in [-0.2, -0.15) is 0 Å². The number of nitrogens with one attached hydrogen (secondary N) is 2. The molecule has 0 bridgehead atoms. The molecule has 6 nitrogen and oxygen atoms in total. The summed E-state index contributed by atoms with van der Waals surface area (Å²) in [5.41, 5.74) is 0. The number of rotatable bonds is 9. The molecule has 1 atom stereocenters. The fourth-order valence-electron chi connectivity index (χ4n) is 3.34. The molecule has 1 aliphatic heterocycles. The smallest absolute Gasteiger partial charge is 0.191 e. The molecule has 0 saturated carbocycles. The number of thiazole rings is 1. The number of guanidine groups is 1. The number of aromatic nitrogens is 1. The van der Waals surface area contributed by atoms with Crippen LogP contribution in [0.3, 0.4) is 0 Å². The van der Waals surface area contributed by atoms with E-state index in [1.807, 2.05) is 17.5 Å². The number of aliphatic imine (C=N–C) groups is 1. The lowest BCUT2D eigenvalue weighted by molar-refractivity contribution is 0.0186. The van der Waals surface area contributed by atoms with Crippen LogP contribution < -0.4 is 10.6 Å². The molecule has 0 aromatic carbocycles. The summed E-state index contributed by atoms with van der Waals surface area (Å²) in [6.45, 7) is 12.4. The van der Waals surface area contributed by atoms with Gasteiger partial charge in [-0.15, -0.1) is 46.7 Å². The number of thiophene rings is 1. The molecule has 3 heterocycles. The summed E-state index contributed by atoms with van der Waals surface area (Å²) in [6.07, 6.45) is 3.97. The monoisotopic (exact) mass is 563 g/mol. The molecular weight excluding hydrogens is 529 g/mol. The molecule has 2 aromatic rings. The summed E-state index contributed by atoms with van der Waals surface area (Å²) in [6, 6.07) is 4.77. The predicted molar refractivity (Wildman–Crippen MR) is 139 cm³/mol. The van der Waals surface area contributed by atoms with Gasteiger partial charge < -0.3 is 15.4 Å². The van der Waals surface area contributed by atoms with E-state index in [0.717, 1.165) is 64.7 Å². The van der Waals surface area contributed by atoms with E-state index in [1.54, 1.807) is 11.3 Å². The van der Waals surface area contributed by atoms with E-state index in [-0.39, 0.29) is 24.0 Å². The van der Waals surface area contributed by atoms with E-state index < -0.39 is 0 Å². The van der Waals surface area contributed by atoms with E-state index in [1.165, 1.54) is 19.6 Å². The summed E-state index contributed by atoms with van der Waals surface area (Å²) in [5.74, 6) is 0.881. The Balaban J connectivity index is 0.00000320. The third-order valence-electron chi connectivity index (χ3n) is 4.92. The maximum absolute atomic E-state index is 5.56. The molecule has 9 heteroatoms. The summed E-state index contributed by atoms with van der Waals surface area (Å²) < 4.78 is 5.56. The molecule has 0 amide bonds. The van der Waals surface area contributed by atoms with Crippen LogP contribution in [0.2, 0.25) is 0 Å². The molecule has 3 rings (SSSR count). The van der Waals surface area contributed by atoms with Crippen LogP contribution in [0.25, 0.3) is 0 Å². The van der Waals surface area contributed by atoms with Crippen LogP contribution in [0.5, 0.6) is 0 Å². The standard InChI is InChI=1S/C21H33N5OS2.HI/c1-4-17-14-24-20(29-17)8-9-23-21(22-5-2)25-15-18(19-7-6-16(3)28-19)26-10-12-27-13-11-26;/h6-7,14,18H,4-5,8-13,15H2,1-3H3,(H2,22,23,25);1H. The van der Waals surface area contributed by atoms with Gasteiger partial charge in [0.2, 0.25) is 0 Å². The number of hydrogen-bond acceptors (Lipinski definition) is 6. The van der Waals surface area contributed by atoms with E-state index in [2.05, 4.69) is 53.4 Å². The second-order valence-corrected chi connectivity index (χ2v) is 9.60. The summed E-state index contributed by atoms with van der Waals surface area (Å²) in [5, 5.41) is 8.05. The number of ether oxygens (including phenoxy) is 1. The Morgan fingerprint density at radius 3 is 2.67 bits per heavy atom.